The minimum absolute atomic E-state index is 0.185. The summed E-state index contributed by atoms with van der Waals surface area (Å²) in [7, 11) is -0.192. The van der Waals surface area contributed by atoms with Gasteiger partial charge in [-0.1, -0.05) is 124 Å². The molecule has 5 nitrogen and oxygen atoms in total. The Morgan fingerprint density at radius 1 is 0.763 bits per heavy atom. The van der Waals surface area contributed by atoms with Gasteiger partial charge in [0.05, 0.1) is 14.2 Å². The molecule has 3 aromatic rings. The van der Waals surface area contributed by atoms with Crippen LogP contribution in [-0.4, -0.2) is 41.1 Å². The predicted molar refractivity (Wildman–Crippen MR) is 155 cm³/mol. The highest BCUT2D eigenvalue weighted by Crippen LogP contribution is 2.37. The zero-order valence-corrected chi connectivity index (χ0v) is 23.9. The van der Waals surface area contributed by atoms with Crippen molar-refractivity contribution in [1.82, 2.24) is 0 Å². The smallest absolute Gasteiger partial charge is 0.320 e. The largest absolute Gasteiger partial charge is 0.468 e. The molecule has 0 aliphatic heterocycles. The monoisotopic (exact) mass is 530 g/mol. The van der Waals surface area contributed by atoms with Crippen molar-refractivity contribution in [2.45, 2.75) is 32.2 Å². The van der Waals surface area contributed by atoms with Crippen molar-refractivity contribution in [2.75, 3.05) is 20.8 Å². The number of ether oxygens (including phenoxy) is 2. The van der Waals surface area contributed by atoms with Crippen molar-refractivity contribution >= 4 is 36.7 Å². The van der Waals surface area contributed by atoms with Crippen LogP contribution in [0.1, 0.15) is 32.8 Å². The van der Waals surface area contributed by atoms with Crippen LogP contribution in [0.15, 0.2) is 97.1 Å². The molecular formula is C32H38O5Si. The molecule has 0 fully saturated rings. The van der Waals surface area contributed by atoms with Crippen LogP contribution in [0.25, 0.3) is 6.08 Å². The second-order valence-electron chi connectivity index (χ2n) is 10.3. The SMILES string of the molecule is COC(=O)C(C(=O)OC)[C@@H](/C=C/c1ccccc1)CCO[Si](c1ccccc1)(c1ccccc1)C(C)(C)C. The molecule has 0 amide bonds. The van der Waals surface area contributed by atoms with Gasteiger partial charge in [-0.2, -0.15) is 0 Å². The molecule has 0 aliphatic rings. The molecule has 0 aromatic heterocycles. The molecule has 0 bridgehead atoms. The first-order valence-corrected chi connectivity index (χ1v) is 14.8. The van der Waals surface area contributed by atoms with Gasteiger partial charge in [-0.15, -0.1) is 0 Å². The van der Waals surface area contributed by atoms with Gasteiger partial charge in [-0.3, -0.25) is 9.59 Å². The Labute approximate surface area is 227 Å². The van der Waals surface area contributed by atoms with E-state index >= 15 is 0 Å². The van der Waals surface area contributed by atoms with E-state index in [2.05, 4.69) is 45.0 Å². The Morgan fingerprint density at radius 2 is 1.21 bits per heavy atom. The summed E-state index contributed by atoms with van der Waals surface area (Å²) in [6.45, 7) is 7.01. The van der Waals surface area contributed by atoms with Gasteiger partial charge in [0, 0.05) is 12.5 Å². The quantitative estimate of drug-likeness (QED) is 0.193. The third-order valence-corrected chi connectivity index (χ3v) is 11.9. The summed E-state index contributed by atoms with van der Waals surface area (Å²) in [6.07, 6.45) is 4.25. The van der Waals surface area contributed by atoms with E-state index in [9.17, 15) is 9.59 Å². The third-order valence-electron chi connectivity index (χ3n) is 6.86. The molecule has 0 saturated heterocycles. The van der Waals surface area contributed by atoms with E-state index in [0.717, 1.165) is 5.56 Å². The predicted octanol–water partition coefficient (Wildman–Crippen LogP) is 5.24. The lowest BCUT2D eigenvalue weighted by atomic mass is 9.88. The molecule has 3 rings (SSSR count). The fourth-order valence-electron chi connectivity index (χ4n) is 4.98. The van der Waals surface area contributed by atoms with Crippen LogP contribution < -0.4 is 10.4 Å². The number of hydrogen-bond donors (Lipinski definition) is 0. The van der Waals surface area contributed by atoms with Crippen LogP contribution in [0.4, 0.5) is 0 Å². The van der Waals surface area contributed by atoms with E-state index < -0.39 is 32.1 Å². The molecule has 0 aliphatic carbocycles. The van der Waals surface area contributed by atoms with E-state index in [-0.39, 0.29) is 5.04 Å². The van der Waals surface area contributed by atoms with Crippen molar-refractivity contribution < 1.29 is 23.5 Å². The van der Waals surface area contributed by atoms with Gasteiger partial charge >= 0.3 is 11.9 Å². The lowest BCUT2D eigenvalue weighted by Gasteiger charge is -2.43. The van der Waals surface area contributed by atoms with E-state index in [4.69, 9.17) is 13.9 Å². The minimum Gasteiger partial charge on any atom is -0.468 e. The number of carbonyl (C=O) groups excluding carboxylic acids is 2. The van der Waals surface area contributed by atoms with Gasteiger partial charge in [0.1, 0.15) is 0 Å². The van der Waals surface area contributed by atoms with Crippen LogP contribution in [0.2, 0.25) is 5.04 Å². The second kappa shape index (κ2) is 13.4. The molecule has 0 spiro atoms. The average molecular weight is 531 g/mol. The molecule has 0 radical (unpaired) electrons. The Hall–Kier alpha value is -3.48. The topological polar surface area (TPSA) is 61.8 Å². The van der Waals surface area contributed by atoms with Gasteiger partial charge in [-0.05, 0) is 27.4 Å². The molecule has 0 N–H and O–H groups in total. The van der Waals surface area contributed by atoms with E-state index in [1.54, 1.807) is 0 Å². The maximum Gasteiger partial charge on any atom is 0.320 e. The Bertz CT molecular complexity index is 1130. The maximum atomic E-state index is 12.7. The number of allylic oxidation sites excluding steroid dienone is 1. The first kappa shape index (κ1) is 29.1. The standard InChI is InChI=1S/C32H38O5Si/c1-32(2,3)38(27-17-11-7-12-18-27,28-19-13-8-14-20-28)37-24-23-26(22-21-25-15-9-6-10-16-25)29(30(33)35-4)31(34)36-5/h6-22,26,29H,23-24H2,1-5H3/b22-21+/t26-/m0/s1. The molecule has 200 valence electrons. The molecule has 1 atom stereocenters. The van der Waals surface area contributed by atoms with Crippen LogP contribution in [0.5, 0.6) is 0 Å². The Kier molecular flexibility index (Phi) is 10.2. The summed E-state index contributed by atoms with van der Waals surface area (Å²) in [5.41, 5.74) is 0.971. The van der Waals surface area contributed by atoms with Crippen LogP contribution >= 0.6 is 0 Å². The first-order valence-electron chi connectivity index (χ1n) is 12.9. The maximum absolute atomic E-state index is 12.7. The summed E-state index contributed by atoms with van der Waals surface area (Å²) in [6, 6.07) is 30.5. The third kappa shape index (κ3) is 6.68. The van der Waals surface area contributed by atoms with Gasteiger partial charge in [0.2, 0.25) is 0 Å². The average Bonchev–Trinajstić information content (AvgIpc) is 2.94. The van der Waals surface area contributed by atoms with Crippen LogP contribution in [0.3, 0.4) is 0 Å². The number of methoxy groups -OCH3 is 2. The number of hydrogen-bond acceptors (Lipinski definition) is 5. The van der Waals surface area contributed by atoms with Crippen LogP contribution in [-0.2, 0) is 23.5 Å². The lowest BCUT2D eigenvalue weighted by molar-refractivity contribution is -0.160. The molecule has 0 heterocycles. The Balaban J connectivity index is 2.00. The van der Waals surface area contributed by atoms with Gasteiger partial charge in [0.25, 0.3) is 8.32 Å². The van der Waals surface area contributed by atoms with Crippen molar-refractivity contribution in [3.8, 4) is 0 Å². The number of esters is 2. The summed E-state index contributed by atoms with van der Waals surface area (Å²) in [4.78, 5) is 25.5. The number of rotatable bonds is 11. The molecule has 38 heavy (non-hydrogen) atoms. The highest BCUT2D eigenvalue weighted by atomic mass is 28.4. The lowest BCUT2D eigenvalue weighted by Crippen LogP contribution is -2.66. The van der Waals surface area contributed by atoms with Gasteiger partial charge in [-0.25, -0.2) is 0 Å². The summed E-state index contributed by atoms with van der Waals surface area (Å²) < 4.78 is 17.0. The van der Waals surface area contributed by atoms with E-state index in [1.165, 1.54) is 24.6 Å². The number of carbonyl (C=O) groups is 2. The fraction of sp³-hybridized carbons (Fsp3) is 0.312. The molecule has 6 heteroatoms. The highest BCUT2D eigenvalue weighted by Gasteiger charge is 2.50. The van der Waals surface area contributed by atoms with Crippen molar-refractivity contribution in [3.05, 3.63) is 103 Å². The van der Waals surface area contributed by atoms with E-state index in [0.29, 0.717) is 13.0 Å². The first-order chi connectivity index (χ1) is 18.2. The molecule has 0 unspecified atom stereocenters. The summed E-state index contributed by atoms with van der Waals surface area (Å²) in [5, 5.41) is 2.16. The van der Waals surface area contributed by atoms with Gasteiger partial charge < -0.3 is 13.9 Å². The second-order valence-corrected chi connectivity index (χ2v) is 14.6. The van der Waals surface area contributed by atoms with Gasteiger partial charge in [0.15, 0.2) is 5.92 Å². The Morgan fingerprint density at radius 3 is 1.63 bits per heavy atom. The zero-order valence-electron chi connectivity index (χ0n) is 22.9. The van der Waals surface area contributed by atoms with Crippen molar-refractivity contribution in [1.29, 1.82) is 0 Å². The van der Waals surface area contributed by atoms with Crippen LogP contribution in [0, 0.1) is 11.8 Å². The molecular weight excluding hydrogens is 492 g/mol. The van der Waals surface area contributed by atoms with Crippen molar-refractivity contribution in [2.24, 2.45) is 11.8 Å². The zero-order chi connectivity index (χ0) is 27.6. The fourth-order valence-corrected chi connectivity index (χ4v) is 9.56. The minimum atomic E-state index is -2.77. The van der Waals surface area contributed by atoms with Crippen molar-refractivity contribution in [3.63, 3.8) is 0 Å². The summed E-state index contributed by atoms with van der Waals surface area (Å²) >= 11 is 0. The highest BCUT2D eigenvalue weighted by molar-refractivity contribution is 6.99. The normalized spacial score (nSPS) is 12.9. The molecule has 3 aromatic carbocycles. The molecule has 0 saturated carbocycles. The number of benzene rings is 3. The van der Waals surface area contributed by atoms with E-state index in [1.807, 2.05) is 78.9 Å². The summed E-state index contributed by atoms with van der Waals surface area (Å²) in [5.74, 6) is -2.81.